The SMILES string of the molecule is CCCCC1CCC(CCCC)CN(c2ccc(N)c(NC)c2)C1. The van der Waals surface area contributed by atoms with Crippen LogP contribution in [-0.2, 0) is 0 Å². The number of hydrogen-bond donors (Lipinski definition) is 2. The summed E-state index contributed by atoms with van der Waals surface area (Å²) < 4.78 is 0. The molecule has 2 unspecified atom stereocenters. The summed E-state index contributed by atoms with van der Waals surface area (Å²) in [6, 6.07) is 6.48. The average Bonchev–Trinajstić information content (AvgIpc) is 2.81. The minimum atomic E-state index is 0.834. The number of hydrogen-bond acceptors (Lipinski definition) is 3. The normalized spacial score (nSPS) is 21.5. The summed E-state index contributed by atoms with van der Waals surface area (Å²) in [4.78, 5) is 2.63. The number of nitrogens with zero attached hydrogens (tertiary/aromatic N) is 1. The second-order valence-electron chi connectivity index (χ2n) is 7.52. The third-order valence-electron chi connectivity index (χ3n) is 5.54. The average molecular weight is 332 g/mol. The van der Waals surface area contributed by atoms with E-state index in [-0.39, 0.29) is 0 Å². The van der Waals surface area contributed by atoms with Crippen LogP contribution >= 0.6 is 0 Å². The van der Waals surface area contributed by atoms with Crippen LogP contribution in [0.15, 0.2) is 18.2 Å². The third kappa shape index (κ3) is 5.32. The lowest BCUT2D eigenvalue weighted by molar-refractivity contribution is 0.402. The van der Waals surface area contributed by atoms with Crippen molar-refractivity contribution in [3.63, 3.8) is 0 Å². The lowest BCUT2D eigenvalue weighted by Gasteiger charge is -2.29. The van der Waals surface area contributed by atoms with Crippen LogP contribution in [0.2, 0.25) is 0 Å². The van der Waals surface area contributed by atoms with E-state index >= 15 is 0 Å². The summed E-state index contributed by atoms with van der Waals surface area (Å²) in [6.07, 6.45) is 10.9. The van der Waals surface area contributed by atoms with Crippen molar-refractivity contribution in [3.8, 4) is 0 Å². The maximum Gasteiger partial charge on any atom is 0.0592 e. The molecule has 3 N–H and O–H groups in total. The van der Waals surface area contributed by atoms with Gasteiger partial charge < -0.3 is 16.0 Å². The molecule has 2 atom stereocenters. The van der Waals surface area contributed by atoms with Crippen LogP contribution in [0.5, 0.6) is 0 Å². The molecule has 0 amide bonds. The lowest BCUT2D eigenvalue weighted by atomic mass is 9.92. The van der Waals surface area contributed by atoms with Crippen molar-refractivity contribution >= 4 is 17.1 Å². The molecule has 0 aliphatic carbocycles. The molecule has 24 heavy (non-hydrogen) atoms. The van der Waals surface area contributed by atoms with Crippen molar-refractivity contribution < 1.29 is 0 Å². The molecule has 0 bridgehead atoms. The van der Waals surface area contributed by atoms with Gasteiger partial charge in [0.05, 0.1) is 11.4 Å². The van der Waals surface area contributed by atoms with E-state index in [1.807, 2.05) is 13.1 Å². The number of anilines is 3. The Kier molecular flexibility index (Phi) is 7.74. The van der Waals surface area contributed by atoms with Crippen LogP contribution in [0.1, 0.15) is 65.2 Å². The van der Waals surface area contributed by atoms with Gasteiger partial charge in [0.15, 0.2) is 0 Å². The molecule has 1 aromatic rings. The van der Waals surface area contributed by atoms with Crippen molar-refractivity contribution in [1.29, 1.82) is 0 Å². The van der Waals surface area contributed by atoms with Gasteiger partial charge in [-0.05, 0) is 55.7 Å². The van der Waals surface area contributed by atoms with Crippen LogP contribution in [0.3, 0.4) is 0 Å². The molecule has 1 aliphatic heterocycles. The molecule has 1 aliphatic rings. The van der Waals surface area contributed by atoms with Gasteiger partial charge in [0.1, 0.15) is 0 Å². The van der Waals surface area contributed by atoms with Crippen LogP contribution < -0.4 is 16.0 Å². The van der Waals surface area contributed by atoms with Crippen molar-refractivity contribution in [2.24, 2.45) is 11.8 Å². The fraction of sp³-hybridized carbons (Fsp3) is 0.714. The highest BCUT2D eigenvalue weighted by Crippen LogP contribution is 2.32. The summed E-state index contributed by atoms with van der Waals surface area (Å²) in [5.41, 5.74) is 9.28. The minimum Gasteiger partial charge on any atom is -0.397 e. The zero-order valence-corrected chi connectivity index (χ0v) is 16.0. The summed E-state index contributed by atoms with van der Waals surface area (Å²) in [7, 11) is 1.95. The Labute approximate surface area is 149 Å². The zero-order valence-electron chi connectivity index (χ0n) is 16.0. The van der Waals surface area contributed by atoms with E-state index < -0.39 is 0 Å². The molecule has 3 nitrogen and oxygen atoms in total. The molecule has 1 heterocycles. The van der Waals surface area contributed by atoms with Crippen LogP contribution in [0, 0.1) is 11.8 Å². The second kappa shape index (κ2) is 9.80. The Balaban J connectivity index is 2.15. The van der Waals surface area contributed by atoms with Gasteiger partial charge in [-0.3, -0.25) is 0 Å². The van der Waals surface area contributed by atoms with E-state index in [1.165, 1.54) is 70.1 Å². The van der Waals surface area contributed by atoms with E-state index in [9.17, 15) is 0 Å². The van der Waals surface area contributed by atoms with Gasteiger partial charge >= 0.3 is 0 Å². The first kappa shape index (κ1) is 19.0. The predicted octanol–water partition coefficient (Wildman–Crippen LogP) is 5.52. The summed E-state index contributed by atoms with van der Waals surface area (Å²) in [5.74, 6) is 1.68. The predicted molar refractivity (Wildman–Crippen MR) is 108 cm³/mol. The zero-order chi connectivity index (χ0) is 17.4. The molecule has 0 radical (unpaired) electrons. The number of nitrogens with two attached hydrogens (primary N) is 1. The maximum absolute atomic E-state index is 6.07. The van der Waals surface area contributed by atoms with Crippen molar-refractivity contribution in [3.05, 3.63) is 18.2 Å². The quantitative estimate of drug-likeness (QED) is 0.616. The Hall–Kier alpha value is -1.38. The van der Waals surface area contributed by atoms with Crippen molar-refractivity contribution in [1.82, 2.24) is 0 Å². The fourth-order valence-corrected chi connectivity index (χ4v) is 3.98. The van der Waals surface area contributed by atoms with Gasteiger partial charge in [-0.1, -0.05) is 39.5 Å². The van der Waals surface area contributed by atoms with E-state index in [2.05, 4.69) is 36.2 Å². The van der Waals surface area contributed by atoms with Crippen LogP contribution in [-0.4, -0.2) is 20.1 Å². The van der Waals surface area contributed by atoms with Gasteiger partial charge in [-0.2, -0.15) is 0 Å². The Bertz CT molecular complexity index is 468. The highest BCUT2D eigenvalue weighted by Gasteiger charge is 2.24. The Morgan fingerprint density at radius 1 is 1.04 bits per heavy atom. The molecule has 1 fully saturated rings. The van der Waals surface area contributed by atoms with Gasteiger partial charge in [0.25, 0.3) is 0 Å². The molecule has 2 rings (SSSR count). The smallest absolute Gasteiger partial charge is 0.0592 e. The molecule has 0 saturated carbocycles. The molecule has 136 valence electrons. The number of nitrogens with one attached hydrogen (secondary N) is 1. The highest BCUT2D eigenvalue weighted by atomic mass is 15.1. The number of nitrogen functional groups attached to an aromatic ring is 1. The van der Waals surface area contributed by atoms with E-state index in [4.69, 9.17) is 5.73 Å². The van der Waals surface area contributed by atoms with Crippen molar-refractivity contribution in [2.45, 2.75) is 65.2 Å². The molecule has 3 heteroatoms. The second-order valence-corrected chi connectivity index (χ2v) is 7.52. The van der Waals surface area contributed by atoms with Gasteiger partial charge in [-0.15, -0.1) is 0 Å². The van der Waals surface area contributed by atoms with Gasteiger partial charge in [0, 0.05) is 25.8 Å². The van der Waals surface area contributed by atoms with Crippen LogP contribution in [0.25, 0.3) is 0 Å². The van der Waals surface area contributed by atoms with Gasteiger partial charge in [0.2, 0.25) is 0 Å². The molecule has 1 saturated heterocycles. The largest absolute Gasteiger partial charge is 0.397 e. The number of rotatable bonds is 8. The van der Waals surface area contributed by atoms with E-state index in [0.29, 0.717) is 0 Å². The van der Waals surface area contributed by atoms with E-state index in [1.54, 1.807) is 0 Å². The molecule has 0 aromatic heterocycles. The standard InChI is InChI=1S/C21H37N3/c1-4-6-8-17-10-11-18(9-7-5-2)16-24(15-17)19-12-13-20(22)21(14-19)23-3/h12-14,17-18,23H,4-11,15-16,22H2,1-3H3. The number of benzene rings is 1. The van der Waals surface area contributed by atoms with E-state index in [0.717, 1.165) is 23.2 Å². The minimum absolute atomic E-state index is 0.834. The molecular formula is C21H37N3. The first-order valence-electron chi connectivity index (χ1n) is 10.00. The maximum atomic E-state index is 6.07. The van der Waals surface area contributed by atoms with Gasteiger partial charge in [-0.25, -0.2) is 0 Å². The summed E-state index contributed by atoms with van der Waals surface area (Å²) in [5, 5.41) is 3.23. The molecule has 0 spiro atoms. The fourth-order valence-electron chi connectivity index (χ4n) is 3.98. The first-order valence-corrected chi connectivity index (χ1v) is 10.00. The third-order valence-corrected chi connectivity index (χ3v) is 5.54. The summed E-state index contributed by atoms with van der Waals surface area (Å²) >= 11 is 0. The molecular weight excluding hydrogens is 294 g/mol. The summed E-state index contributed by atoms with van der Waals surface area (Å²) in [6.45, 7) is 7.01. The Morgan fingerprint density at radius 2 is 1.62 bits per heavy atom. The highest BCUT2D eigenvalue weighted by molar-refractivity contribution is 5.72. The monoisotopic (exact) mass is 331 g/mol. The Morgan fingerprint density at radius 3 is 2.12 bits per heavy atom. The topological polar surface area (TPSA) is 41.3 Å². The van der Waals surface area contributed by atoms with Crippen molar-refractivity contribution in [2.75, 3.05) is 36.1 Å². The van der Waals surface area contributed by atoms with Crippen LogP contribution in [0.4, 0.5) is 17.1 Å². The first-order chi connectivity index (χ1) is 11.7. The number of unbranched alkanes of at least 4 members (excludes halogenated alkanes) is 2. The molecule has 1 aromatic carbocycles. The lowest BCUT2D eigenvalue weighted by Crippen LogP contribution is -2.31.